The zero-order valence-electron chi connectivity index (χ0n) is 11.9. The van der Waals surface area contributed by atoms with E-state index in [4.69, 9.17) is 0 Å². The summed E-state index contributed by atoms with van der Waals surface area (Å²) in [4.78, 5) is 0. The lowest BCUT2D eigenvalue weighted by Gasteiger charge is -2.42. The summed E-state index contributed by atoms with van der Waals surface area (Å²) in [6.45, 7) is 9.56. The minimum atomic E-state index is 0.229. The van der Waals surface area contributed by atoms with Crippen molar-refractivity contribution in [3.05, 3.63) is 35.9 Å². The van der Waals surface area contributed by atoms with E-state index < -0.39 is 0 Å². The molecule has 0 fully saturated rings. The molecule has 1 aromatic carbocycles. The first-order valence-electron chi connectivity index (χ1n) is 6.46. The van der Waals surface area contributed by atoms with Gasteiger partial charge in [0.15, 0.2) is 0 Å². The Hall–Kier alpha value is -0.430. The second-order valence-corrected chi connectivity index (χ2v) is 6.96. The zero-order valence-corrected chi connectivity index (χ0v) is 12.7. The summed E-state index contributed by atoms with van der Waals surface area (Å²) in [7, 11) is 0. The van der Waals surface area contributed by atoms with Crippen LogP contribution in [0.15, 0.2) is 30.3 Å². The standard InChI is InChI=1S/C16H26S/c1-15(2,12-9-13-17-5)16(3,4)14-10-7-6-8-11-14/h6-8,10-11H,9,12-13H2,1-5H3. The summed E-state index contributed by atoms with van der Waals surface area (Å²) < 4.78 is 0. The van der Waals surface area contributed by atoms with Gasteiger partial charge < -0.3 is 0 Å². The first-order valence-corrected chi connectivity index (χ1v) is 7.86. The molecular formula is C16H26S. The summed E-state index contributed by atoms with van der Waals surface area (Å²) in [6, 6.07) is 10.9. The minimum Gasteiger partial charge on any atom is -0.165 e. The van der Waals surface area contributed by atoms with Crippen LogP contribution in [-0.4, -0.2) is 12.0 Å². The number of hydrogen-bond donors (Lipinski definition) is 0. The first-order chi connectivity index (χ1) is 7.92. The molecule has 0 spiro atoms. The smallest absolute Gasteiger partial charge is 0.00524 e. The Kier molecular flexibility index (Phi) is 5.12. The third-order valence-electron chi connectivity index (χ3n) is 4.34. The van der Waals surface area contributed by atoms with Crippen molar-refractivity contribution in [3.8, 4) is 0 Å². The average molecular weight is 250 g/mol. The SMILES string of the molecule is CSCCCC(C)(C)C(C)(C)c1ccccc1. The van der Waals surface area contributed by atoms with Crippen LogP contribution in [0.25, 0.3) is 0 Å². The normalized spacial score (nSPS) is 12.8. The van der Waals surface area contributed by atoms with Gasteiger partial charge in [0.05, 0.1) is 0 Å². The van der Waals surface area contributed by atoms with E-state index in [0.29, 0.717) is 5.41 Å². The molecule has 0 bridgehead atoms. The summed E-state index contributed by atoms with van der Waals surface area (Å²) in [5, 5.41) is 0. The van der Waals surface area contributed by atoms with Crippen molar-refractivity contribution in [2.75, 3.05) is 12.0 Å². The van der Waals surface area contributed by atoms with E-state index in [0.717, 1.165) is 0 Å². The fourth-order valence-corrected chi connectivity index (χ4v) is 2.65. The van der Waals surface area contributed by atoms with Crippen molar-refractivity contribution in [2.45, 2.75) is 46.0 Å². The predicted octanol–water partition coefficient (Wildman–Crippen LogP) is 5.13. The maximum Gasteiger partial charge on any atom is -0.00524 e. The van der Waals surface area contributed by atoms with Gasteiger partial charge in [0.1, 0.15) is 0 Å². The van der Waals surface area contributed by atoms with Crippen molar-refractivity contribution in [1.29, 1.82) is 0 Å². The highest BCUT2D eigenvalue weighted by molar-refractivity contribution is 7.98. The van der Waals surface area contributed by atoms with E-state index in [1.807, 2.05) is 11.8 Å². The van der Waals surface area contributed by atoms with Crippen LogP contribution in [0.3, 0.4) is 0 Å². The lowest BCUT2D eigenvalue weighted by atomic mass is 9.62. The van der Waals surface area contributed by atoms with Crippen molar-refractivity contribution >= 4 is 11.8 Å². The largest absolute Gasteiger partial charge is 0.165 e. The van der Waals surface area contributed by atoms with E-state index in [1.165, 1.54) is 24.2 Å². The predicted molar refractivity (Wildman–Crippen MR) is 80.9 cm³/mol. The molecule has 0 nitrogen and oxygen atoms in total. The second kappa shape index (κ2) is 5.95. The Balaban J connectivity index is 2.81. The highest BCUT2D eigenvalue weighted by Crippen LogP contribution is 2.44. The van der Waals surface area contributed by atoms with Gasteiger partial charge in [-0.1, -0.05) is 58.0 Å². The lowest BCUT2D eigenvalue weighted by molar-refractivity contribution is 0.179. The molecule has 17 heavy (non-hydrogen) atoms. The minimum absolute atomic E-state index is 0.229. The Bertz CT molecular complexity index is 325. The first kappa shape index (κ1) is 14.6. The molecule has 96 valence electrons. The van der Waals surface area contributed by atoms with Crippen LogP contribution < -0.4 is 0 Å². The van der Waals surface area contributed by atoms with Gasteiger partial charge >= 0.3 is 0 Å². The summed E-state index contributed by atoms with van der Waals surface area (Å²) >= 11 is 1.95. The molecule has 0 aliphatic rings. The molecule has 0 atom stereocenters. The Labute approximate surface area is 111 Å². The molecule has 1 aromatic rings. The quantitative estimate of drug-likeness (QED) is 0.630. The molecule has 0 saturated carbocycles. The molecule has 0 heterocycles. The van der Waals surface area contributed by atoms with E-state index in [9.17, 15) is 0 Å². The van der Waals surface area contributed by atoms with E-state index in [-0.39, 0.29) is 5.41 Å². The van der Waals surface area contributed by atoms with Gasteiger partial charge in [0, 0.05) is 0 Å². The number of rotatable bonds is 6. The van der Waals surface area contributed by atoms with E-state index >= 15 is 0 Å². The van der Waals surface area contributed by atoms with Crippen molar-refractivity contribution in [2.24, 2.45) is 5.41 Å². The molecule has 1 rings (SSSR count). The fraction of sp³-hybridized carbons (Fsp3) is 0.625. The molecular weight excluding hydrogens is 224 g/mol. The number of hydrogen-bond acceptors (Lipinski definition) is 1. The van der Waals surface area contributed by atoms with Gasteiger partial charge in [0.2, 0.25) is 0 Å². The van der Waals surface area contributed by atoms with Crippen LogP contribution in [0.5, 0.6) is 0 Å². The molecule has 0 N–H and O–H groups in total. The third kappa shape index (κ3) is 3.51. The summed E-state index contributed by atoms with van der Waals surface area (Å²) in [5.74, 6) is 1.27. The van der Waals surface area contributed by atoms with Crippen LogP contribution in [0.4, 0.5) is 0 Å². The van der Waals surface area contributed by atoms with Gasteiger partial charge in [0.25, 0.3) is 0 Å². The molecule has 0 amide bonds. The highest BCUT2D eigenvalue weighted by atomic mass is 32.2. The van der Waals surface area contributed by atoms with Gasteiger partial charge in [-0.3, -0.25) is 0 Å². The van der Waals surface area contributed by atoms with Crippen LogP contribution in [-0.2, 0) is 5.41 Å². The van der Waals surface area contributed by atoms with Crippen LogP contribution >= 0.6 is 11.8 Å². The van der Waals surface area contributed by atoms with Gasteiger partial charge in [-0.15, -0.1) is 0 Å². The monoisotopic (exact) mass is 250 g/mol. The Morgan fingerprint density at radius 1 is 1.00 bits per heavy atom. The van der Waals surface area contributed by atoms with Crippen molar-refractivity contribution < 1.29 is 0 Å². The molecule has 0 unspecified atom stereocenters. The zero-order chi connectivity index (χ0) is 12.9. The Morgan fingerprint density at radius 2 is 1.59 bits per heavy atom. The third-order valence-corrected chi connectivity index (χ3v) is 5.03. The van der Waals surface area contributed by atoms with Gasteiger partial charge in [-0.25, -0.2) is 0 Å². The van der Waals surface area contributed by atoms with Crippen LogP contribution in [0.2, 0.25) is 0 Å². The van der Waals surface area contributed by atoms with Crippen LogP contribution in [0, 0.1) is 5.41 Å². The maximum absolute atomic E-state index is 2.40. The van der Waals surface area contributed by atoms with Crippen molar-refractivity contribution in [3.63, 3.8) is 0 Å². The van der Waals surface area contributed by atoms with E-state index in [2.05, 4.69) is 64.3 Å². The maximum atomic E-state index is 2.40. The average Bonchev–Trinajstić information content (AvgIpc) is 2.30. The molecule has 0 saturated heterocycles. The van der Waals surface area contributed by atoms with Gasteiger partial charge in [-0.2, -0.15) is 11.8 Å². The molecule has 0 radical (unpaired) electrons. The lowest BCUT2D eigenvalue weighted by Crippen LogP contribution is -2.36. The van der Waals surface area contributed by atoms with Crippen molar-refractivity contribution in [1.82, 2.24) is 0 Å². The summed E-state index contributed by atoms with van der Waals surface area (Å²) in [6.07, 6.45) is 4.79. The highest BCUT2D eigenvalue weighted by Gasteiger charge is 2.37. The molecule has 0 aromatic heterocycles. The molecule has 1 heteroatoms. The summed E-state index contributed by atoms with van der Waals surface area (Å²) in [5.41, 5.74) is 2.02. The second-order valence-electron chi connectivity index (χ2n) is 5.97. The number of benzene rings is 1. The topological polar surface area (TPSA) is 0 Å². The van der Waals surface area contributed by atoms with Gasteiger partial charge in [-0.05, 0) is 41.2 Å². The number of thioether (sulfide) groups is 1. The van der Waals surface area contributed by atoms with Crippen LogP contribution in [0.1, 0.15) is 46.1 Å². The fourth-order valence-electron chi connectivity index (χ4n) is 2.22. The molecule has 0 aliphatic carbocycles. The Morgan fingerprint density at radius 3 is 2.12 bits per heavy atom. The van der Waals surface area contributed by atoms with E-state index in [1.54, 1.807) is 0 Å². The molecule has 0 aliphatic heterocycles.